The highest BCUT2D eigenvalue weighted by atomic mass is 19.1. The number of halogens is 1. The second kappa shape index (κ2) is 7.33. The summed E-state index contributed by atoms with van der Waals surface area (Å²) in [6.45, 7) is 4.40. The highest BCUT2D eigenvalue weighted by Crippen LogP contribution is 2.69. The van der Waals surface area contributed by atoms with Gasteiger partial charge in [0.15, 0.2) is 0 Å². The minimum atomic E-state index is -0.826. The summed E-state index contributed by atoms with van der Waals surface area (Å²) in [6.07, 6.45) is 13.3. The number of rotatable bonds is 8. The maximum Gasteiger partial charge on any atom is 0.137 e. The Hall–Kier alpha value is -3.33. The smallest absolute Gasteiger partial charge is 0.137 e. The Balaban J connectivity index is 1.01. The molecule has 0 amide bonds. The number of hydrogen-bond acceptors (Lipinski definition) is 6. The molecule has 174 valence electrons. The lowest BCUT2D eigenvalue weighted by Gasteiger charge is -2.66. The maximum absolute atomic E-state index is 13.7. The van der Waals surface area contributed by atoms with Gasteiger partial charge in [-0.2, -0.15) is 0 Å². The molecule has 1 aliphatic heterocycles. The SMILES string of the molecule is FC12CC(CNCc3ccc4nc(Cn5cc(-c6cncc(N7CCC7)c6)nn5)cn4c3)(C1)C2. The molecule has 1 saturated heterocycles. The maximum atomic E-state index is 13.7. The predicted molar refractivity (Wildman–Crippen MR) is 126 cm³/mol. The third kappa shape index (κ3) is 3.46. The van der Waals surface area contributed by atoms with Crippen LogP contribution in [0.4, 0.5) is 10.1 Å². The number of nitrogens with one attached hydrogen (secondary N) is 1. The number of fused-ring (bicyclic) bond motifs is 1. The van der Waals surface area contributed by atoms with E-state index in [-0.39, 0.29) is 5.41 Å². The van der Waals surface area contributed by atoms with Gasteiger partial charge in [-0.3, -0.25) is 4.98 Å². The van der Waals surface area contributed by atoms with E-state index in [0.29, 0.717) is 6.54 Å². The number of imidazole rings is 1. The molecule has 4 aromatic heterocycles. The minimum Gasteiger partial charge on any atom is -0.370 e. The first-order valence-electron chi connectivity index (χ1n) is 12.0. The molecule has 1 N–H and O–H groups in total. The fourth-order valence-corrected chi connectivity index (χ4v) is 5.78. The van der Waals surface area contributed by atoms with Gasteiger partial charge in [-0.05, 0) is 48.8 Å². The van der Waals surface area contributed by atoms with E-state index in [1.165, 1.54) is 12.0 Å². The monoisotopic (exact) mass is 458 g/mol. The van der Waals surface area contributed by atoms with E-state index in [1.807, 2.05) is 35.5 Å². The number of aromatic nitrogens is 6. The highest BCUT2D eigenvalue weighted by Gasteiger charge is 2.68. The summed E-state index contributed by atoms with van der Waals surface area (Å²) in [5, 5.41) is 12.2. The van der Waals surface area contributed by atoms with Crippen molar-refractivity contribution in [1.82, 2.24) is 34.7 Å². The van der Waals surface area contributed by atoms with Crippen molar-refractivity contribution < 1.29 is 4.39 Å². The van der Waals surface area contributed by atoms with Gasteiger partial charge in [-0.25, -0.2) is 14.1 Å². The predicted octanol–water partition coefficient (Wildman–Crippen LogP) is 3.23. The summed E-state index contributed by atoms with van der Waals surface area (Å²) < 4.78 is 17.6. The number of anilines is 1. The van der Waals surface area contributed by atoms with Crippen molar-refractivity contribution in [3.05, 3.63) is 60.4 Å². The minimum absolute atomic E-state index is 0.226. The fraction of sp³-hybridized carbons (Fsp3) is 0.440. The van der Waals surface area contributed by atoms with E-state index < -0.39 is 5.67 Å². The van der Waals surface area contributed by atoms with Gasteiger partial charge in [0.1, 0.15) is 17.0 Å². The lowest BCUT2D eigenvalue weighted by Crippen LogP contribution is -2.67. The van der Waals surface area contributed by atoms with Gasteiger partial charge < -0.3 is 14.6 Å². The molecule has 9 heteroatoms. The molecule has 8 nitrogen and oxygen atoms in total. The second-order valence-electron chi connectivity index (χ2n) is 10.4. The molecule has 0 atom stereocenters. The molecular formula is C25H27FN8. The first-order chi connectivity index (χ1) is 16.5. The Morgan fingerprint density at radius 1 is 1.06 bits per heavy atom. The first kappa shape index (κ1) is 20.1. The quantitative estimate of drug-likeness (QED) is 0.437. The van der Waals surface area contributed by atoms with Gasteiger partial charge in [0.05, 0.1) is 30.3 Å². The van der Waals surface area contributed by atoms with Crippen LogP contribution in [0, 0.1) is 5.41 Å². The second-order valence-corrected chi connectivity index (χ2v) is 10.4. The van der Waals surface area contributed by atoms with E-state index >= 15 is 0 Å². The summed E-state index contributed by atoms with van der Waals surface area (Å²) in [4.78, 5) is 11.4. The molecule has 2 bridgehead atoms. The fourth-order valence-electron chi connectivity index (χ4n) is 5.78. The molecule has 4 aromatic rings. The average Bonchev–Trinajstić information content (AvgIpc) is 3.37. The Morgan fingerprint density at radius 3 is 2.74 bits per heavy atom. The van der Waals surface area contributed by atoms with Crippen LogP contribution in [0.5, 0.6) is 0 Å². The summed E-state index contributed by atoms with van der Waals surface area (Å²) in [5.74, 6) is 0. The van der Waals surface area contributed by atoms with Crippen LogP contribution in [0.1, 0.15) is 36.9 Å². The van der Waals surface area contributed by atoms with Gasteiger partial charge >= 0.3 is 0 Å². The van der Waals surface area contributed by atoms with E-state index in [2.05, 4.69) is 48.2 Å². The summed E-state index contributed by atoms with van der Waals surface area (Å²) >= 11 is 0. The molecule has 4 fully saturated rings. The zero-order valence-corrected chi connectivity index (χ0v) is 19.0. The zero-order valence-electron chi connectivity index (χ0n) is 19.0. The standard InChI is InChI=1S/C25H27FN8/c26-25-14-24(15-25,16-25)17-28-7-18-2-3-23-29-20(11-33(23)10-18)12-34-13-22(30-31-34)19-6-21(9-27-8-19)32-4-1-5-32/h2-3,6,8-11,13,28H,1,4-5,7,12,14-17H2. The molecule has 3 saturated carbocycles. The molecule has 4 aliphatic rings. The van der Waals surface area contributed by atoms with Crippen LogP contribution in [0.3, 0.4) is 0 Å². The van der Waals surface area contributed by atoms with Crippen molar-refractivity contribution in [3.63, 3.8) is 0 Å². The van der Waals surface area contributed by atoms with Gasteiger partial charge in [0, 0.05) is 50.3 Å². The van der Waals surface area contributed by atoms with Crippen LogP contribution in [0.15, 0.2) is 49.2 Å². The van der Waals surface area contributed by atoms with E-state index in [1.54, 1.807) is 0 Å². The van der Waals surface area contributed by atoms with Crippen LogP contribution in [0.25, 0.3) is 16.9 Å². The Labute approximate surface area is 196 Å². The number of alkyl halides is 1. The van der Waals surface area contributed by atoms with Gasteiger partial charge in [0.25, 0.3) is 0 Å². The van der Waals surface area contributed by atoms with Crippen molar-refractivity contribution in [2.45, 2.75) is 44.4 Å². The van der Waals surface area contributed by atoms with Crippen LogP contribution in [-0.4, -0.2) is 54.7 Å². The number of pyridine rings is 2. The number of nitrogens with zero attached hydrogens (tertiary/aromatic N) is 7. The molecular weight excluding hydrogens is 431 g/mol. The van der Waals surface area contributed by atoms with Crippen molar-refractivity contribution in [3.8, 4) is 11.3 Å². The molecule has 5 heterocycles. The first-order valence-corrected chi connectivity index (χ1v) is 12.0. The molecule has 34 heavy (non-hydrogen) atoms. The molecule has 8 rings (SSSR count). The van der Waals surface area contributed by atoms with E-state index in [4.69, 9.17) is 4.98 Å². The Morgan fingerprint density at radius 2 is 1.94 bits per heavy atom. The normalized spacial score (nSPS) is 25.1. The van der Waals surface area contributed by atoms with Gasteiger partial charge in [-0.15, -0.1) is 5.10 Å². The average molecular weight is 459 g/mol. The van der Waals surface area contributed by atoms with Crippen LogP contribution < -0.4 is 10.2 Å². The molecule has 3 aliphatic carbocycles. The van der Waals surface area contributed by atoms with Crippen molar-refractivity contribution in [2.75, 3.05) is 24.5 Å². The summed E-state index contributed by atoms with van der Waals surface area (Å²) in [6, 6.07) is 6.27. The molecule has 0 aromatic carbocycles. The van der Waals surface area contributed by atoms with Gasteiger partial charge in [0.2, 0.25) is 0 Å². The third-order valence-electron chi connectivity index (χ3n) is 7.57. The van der Waals surface area contributed by atoms with Crippen molar-refractivity contribution in [2.24, 2.45) is 5.41 Å². The van der Waals surface area contributed by atoms with Crippen LogP contribution in [-0.2, 0) is 13.1 Å². The Bertz CT molecular complexity index is 1350. The topological polar surface area (TPSA) is 76.2 Å². The molecule has 0 unspecified atom stereocenters. The van der Waals surface area contributed by atoms with Crippen molar-refractivity contribution in [1.29, 1.82) is 0 Å². The van der Waals surface area contributed by atoms with Crippen LogP contribution >= 0.6 is 0 Å². The lowest BCUT2D eigenvalue weighted by molar-refractivity contribution is -0.209. The zero-order chi connectivity index (χ0) is 22.8. The van der Waals surface area contributed by atoms with E-state index in [9.17, 15) is 4.39 Å². The Kier molecular flexibility index (Phi) is 4.33. The molecule has 0 radical (unpaired) electrons. The number of hydrogen-bond donors (Lipinski definition) is 1. The third-order valence-corrected chi connectivity index (χ3v) is 7.57. The lowest BCUT2D eigenvalue weighted by atomic mass is 9.42. The highest BCUT2D eigenvalue weighted by molar-refractivity contribution is 5.63. The summed E-state index contributed by atoms with van der Waals surface area (Å²) in [5.41, 5.74) is 5.35. The largest absolute Gasteiger partial charge is 0.370 e. The van der Waals surface area contributed by atoms with Gasteiger partial charge in [-0.1, -0.05) is 11.3 Å². The molecule has 0 spiro atoms. The van der Waals surface area contributed by atoms with E-state index in [0.717, 1.165) is 73.7 Å². The summed E-state index contributed by atoms with van der Waals surface area (Å²) in [7, 11) is 0. The van der Waals surface area contributed by atoms with Crippen molar-refractivity contribution >= 4 is 11.3 Å². The van der Waals surface area contributed by atoms with Crippen LogP contribution in [0.2, 0.25) is 0 Å².